The normalized spacial score (nSPS) is 13.4. The lowest BCUT2D eigenvalue weighted by molar-refractivity contribution is -0.160. The number of unbranched alkanes of at least 4 members (excludes halogenated alkanes) is 21. The number of carbonyl (C=O) groups excluding carboxylic acids is 4. The van der Waals surface area contributed by atoms with Crippen LogP contribution in [0.1, 0.15) is 259 Å². The molecular weight excluding hydrogens is 783 g/mol. The van der Waals surface area contributed by atoms with Crippen LogP contribution in [0.4, 0.5) is 0 Å². The maximum Gasteiger partial charge on any atom is 0.306 e. The summed E-state index contributed by atoms with van der Waals surface area (Å²) >= 11 is 0. The fourth-order valence-corrected chi connectivity index (χ4v) is 7.79. The molecule has 0 aromatic heterocycles. The Morgan fingerprint density at radius 3 is 1.06 bits per heavy atom. The van der Waals surface area contributed by atoms with Gasteiger partial charge in [-0.3, -0.25) is 24.1 Å². The monoisotopic (exact) mass is 882 g/mol. The van der Waals surface area contributed by atoms with Gasteiger partial charge in [0.2, 0.25) is 0 Å². The number of likely N-dealkylation sites (N-methyl/N-ethyl adjacent to an activating group) is 1. The summed E-state index contributed by atoms with van der Waals surface area (Å²) in [4.78, 5) is 52.8. The van der Waals surface area contributed by atoms with E-state index in [1.807, 2.05) is 18.9 Å². The molecule has 0 spiro atoms. The molecule has 0 aliphatic rings. The molecule has 0 aromatic rings. The maximum absolute atomic E-state index is 12.9. The van der Waals surface area contributed by atoms with Gasteiger partial charge in [-0.15, -0.1) is 0 Å². The first-order valence-corrected chi connectivity index (χ1v) is 26.1. The highest BCUT2D eigenvalue weighted by Crippen LogP contribution is 2.20. The third kappa shape index (κ3) is 38.3. The van der Waals surface area contributed by atoms with E-state index in [9.17, 15) is 24.3 Å². The Bertz CT molecular complexity index is 1060. The molecule has 0 aromatic carbocycles. The summed E-state index contributed by atoms with van der Waals surface area (Å²) in [7, 11) is 1.84. The van der Waals surface area contributed by atoms with Crippen molar-refractivity contribution in [1.29, 1.82) is 0 Å². The first-order chi connectivity index (χ1) is 30.1. The molecule has 10 heteroatoms. The first kappa shape index (κ1) is 59.8. The Morgan fingerprint density at radius 2 is 0.710 bits per heavy atom. The zero-order valence-corrected chi connectivity index (χ0v) is 41.3. The van der Waals surface area contributed by atoms with Gasteiger partial charge in [-0.2, -0.15) is 0 Å². The minimum atomic E-state index is -0.649. The van der Waals surface area contributed by atoms with Gasteiger partial charge < -0.3 is 24.1 Å². The summed E-state index contributed by atoms with van der Waals surface area (Å²) in [5.74, 6) is -0.889. The summed E-state index contributed by atoms with van der Waals surface area (Å²) in [6.45, 7) is 11.0. The Labute approximate surface area is 381 Å². The van der Waals surface area contributed by atoms with Crippen molar-refractivity contribution in [3.8, 4) is 0 Å². The number of nitrogens with zero attached hydrogens (tertiary/aromatic N) is 1. The van der Waals surface area contributed by atoms with Crippen LogP contribution in [0.3, 0.4) is 0 Å². The van der Waals surface area contributed by atoms with Gasteiger partial charge in [-0.1, -0.05) is 150 Å². The Balaban J connectivity index is 4.58. The third-order valence-corrected chi connectivity index (χ3v) is 12.1. The fraction of sp³-hybridized carbons (Fsp3) is 0.923. The van der Waals surface area contributed by atoms with E-state index in [-0.39, 0.29) is 68.2 Å². The van der Waals surface area contributed by atoms with Gasteiger partial charge in [0.1, 0.15) is 24.9 Å². The van der Waals surface area contributed by atoms with Crippen LogP contribution in [0, 0.1) is 0 Å². The van der Waals surface area contributed by atoms with Crippen molar-refractivity contribution in [2.45, 2.75) is 284 Å². The molecule has 0 rings (SSSR count). The van der Waals surface area contributed by atoms with Crippen LogP contribution < -0.4 is 0 Å². The molecule has 0 fully saturated rings. The van der Waals surface area contributed by atoms with Crippen LogP contribution in [0.5, 0.6) is 0 Å². The largest absolute Gasteiger partial charge is 0.462 e. The molecule has 10 nitrogen and oxygen atoms in total. The second kappa shape index (κ2) is 44.0. The van der Waals surface area contributed by atoms with Crippen molar-refractivity contribution in [3.05, 3.63) is 0 Å². The third-order valence-electron chi connectivity index (χ3n) is 12.1. The number of ether oxygens (including phenoxy) is 4. The molecule has 0 heterocycles. The van der Waals surface area contributed by atoms with E-state index in [2.05, 4.69) is 27.7 Å². The number of carbonyl (C=O) groups is 4. The van der Waals surface area contributed by atoms with Gasteiger partial charge in [0.05, 0.1) is 6.61 Å². The molecule has 366 valence electrons. The van der Waals surface area contributed by atoms with Gasteiger partial charge >= 0.3 is 23.9 Å². The number of aliphatic hydroxyl groups excluding tert-OH is 1. The van der Waals surface area contributed by atoms with Gasteiger partial charge in [0, 0.05) is 38.3 Å². The van der Waals surface area contributed by atoms with Crippen LogP contribution in [-0.2, 0) is 38.1 Å². The molecule has 0 amide bonds. The van der Waals surface area contributed by atoms with E-state index in [4.69, 9.17) is 18.9 Å². The minimum absolute atomic E-state index is 0.0261. The molecule has 0 aliphatic carbocycles. The minimum Gasteiger partial charge on any atom is -0.462 e. The van der Waals surface area contributed by atoms with Crippen molar-refractivity contribution >= 4 is 23.9 Å². The molecule has 1 N–H and O–H groups in total. The standard InChI is InChI=1S/C52H99NO9/c1-7-11-15-19-21-29-37-47(35-27-18-14-10-4)61-51(57)40-32-24-25-33-41-52(58)62-48(42-53(6)45(5)43-54)44-59-49(55)38-30-22-23-31-39-50(56)60-46(34-26-17-13-9-3)36-28-20-16-12-8-2/h45-48,54H,7-44H2,1-6H3. The van der Waals surface area contributed by atoms with Crippen molar-refractivity contribution < 1.29 is 43.2 Å². The highest BCUT2D eigenvalue weighted by Gasteiger charge is 2.22. The molecule has 4 unspecified atom stereocenters. The predicted molar refractivity (Wildman–Crippen MR) is 254 cm³/mol. The number of hydrogen-bond acceptors (Lipinski definition) is 10. The van der Waals surface area contributed by atoms with E-state index in [0.29, 0.717) is 32.2 Å². The Morgan fingerprint density at radius 1 is 0.419 bits per heavy atom. The van der Waals surface area contributed by atoms with Crippen LogP contribution >= 0.6 is 0 Å². The quantitative estimate of drug-likeness (QED) is 0.0358. The Kier molecular flexibility index (Phi) is 42.5. The topological polar surface area (TPSA) is 129 Å². The van der Waals surface area contributed by atoms with Crippen LogP contribution in [0.25, 0.3) is 0 Å². The molecule has 62 heavy (non-hydrogen) atoms. The van der Waals surface area contributed by atoms with Crippen molar-refractivity contribution in [2.75, 3.05) is 26.8 Å². The van der Waals surface area contributed by atoms with Gasteiger partial charge in [-0.25, -0.2) is 0 Å². The van der Waals surface area contributed by atoms with E-state index in [1.54, 1.807) is 0 Å². The smallest absolute Gasteiger partial charge is 0.306 e. The van der Waals surface area contributed by atoms with Crippen LogP contribution in [0.15, 0.2) is 0 Å². The molecule has 0 saturated carbocycles. The molecule has 0 radical (unpaired) electrons. The van der Waals surface area contributed by atoms with Gasteiger partial charge in [0.25, 0.3) is 0 Å². The zero-order chi connectivity index (χ0) is 45.9. The molecule has 0 saturated heterocycles. The lowest BCUT2D eigenvalue weighted by Crippen LogP contribution is -2.41. The first-order valence-electron chi connectivity index (χ1n) is 26.1. The summed E-state index contributed by atoms with van der Waals surface area (Å²) in [5.41, 5.74) is 0. The average molecular weight is 882 g/mol. The lowest BCUT2D eigenvalue weighted by Gasteiger charge is -2.27. The number of esters is 4. The molecule has 4 atom stereocenters. The van der Waals surface area contributed by atoms with E-state index in [0.717, 1.165) is 89.9 Å². The summed E-state index contributed by atoms with van der Waals surface area (Å²) in [6, 6.07) is -0.144. The van der Waals surface area contributed by atoms with Gasteiger partial charge in [0.15, 0.2) is 0 Å². The van der Waals surface area contributed by atoms with Gasteiger partial charge in [-0.05, 0) is 91.0 Å². The predicted octanol–water partition coefficient (Wildman–Crippen LogP) is 13.3. The summed E-state index contributed by atoms with van der Waals surface area (Å²) < 4.78 is 23.2. The van der Waals surface area contributed by atoms with Crippen LogP contribution in [-0.4, -0.2) is 85.0 Å². The number of hydrogen-bond donors (Lipinski definition) is 1. The molecule has 0 bridgehead atoms. The maximum atomic E-state index is 12.9. The average Bonchev–Trinajstić information content (AvgIpc) is 3.25. The van der Waals surface area contributed by atoms with Crippen LogP contribution in [0.2, 0.25) is 0 Å². The van der Waals surface area contributed by atoms with Crippen molar-refractivity contribution in [2.24, 2.45) is 0 Å². The summed E-state index contributed by atoms with van der Waals surface area (Å²) in [6.07, 6.45) is 33.6. The lowest BCUT2D eigenvalue weighted by atomic mass is 10.0. The van der Waals surface area contributed by atoms with E-state index >= 15 is 0 Å². The summed E-state index contributed by atoms with van der Waals surface area (Å²) in [5, 5.41) is 9.64. The second-order valence-electron chi connectivity index (χ2n) is 18.3. The molecular formula is C52H99NO9. The fourth-order valence-electron chi connectivity index (χ4n) is 7.79. The zero-order valence-electron chi connectivity index (χ0n) is 41.3. The highest BCUT2D eigenvalue weighted by atomic mass is 16.6. The van der Waals surface area contributed by atoms with E-state index < -0.39 is 6.10 Å². The number of rotatable bonds is 46. The second-order valence-corrected chi connectivity index (χ2v) is 18.3. The molecule has 0 aliphatic heterocycles. The highest BCUT2D eigenvalue weighted by molar-refractivity contribution is 5.71. The SMILES string of the molecule is CCCCCCCCC(CCCCCC)OC(=O)CCCCCCC(=O)OC(COC(=O)CCCCCCC(=O)OC(CCCCCC)CCCCCCC)CN(C)C(C)CO. The Hall–Kier alpha value is -2.20. The van der Waals surface area contributed by atoms with E-state index in [1.165, 1.54) is 96.3 Å². The number of aliphatic hydroxyl groups is 1. The van der Waals surface area contributed by atoms with Crippen molar-refractivity contribution in [3.63, 3.8) is 0 Å². The van der Waals surface area contributed by atoms with Crippen molar-refractivity contribution in [1.82, 2.24) is 4.90 Å².